The summed E-state index contributed by atoms with van der Waals surface area (Å²) >= 11 is 0. The second kappa shape index (κ2) is 15.5. The van der Waals surface area contributed by atoms with Crippen molar-refractivity contribution in [1.82, 2.24) is 4.90 Å². The molecule has 0 saturated carbocycles. The predicted octanol–water partition coefficient (Wildman–Crippen LogP) is 2.70. The highest BCUT2D eigenvalue weighted by atomic mass is 32.2. The normalized spacial score (nSPS) is 13.6. The highest BCUT2D eigenvalue weighted by Crippen LogP contribution is 2.38. The smallest absolute Gasteiger partial charge is 0.411 e. The fourth-order valence-electron chi connectivity index (χ4n) is 4.27. The molecule has 2 aromatic carbocycles. The standard InChI is InChI=1S/C28H36N2O11S/c1-5-40-24-17-19(9-10-23(24)37-3)22(18-42(4,34)35)30-26(31)20-7-6-8-21(25(20)27(30)32)29-28(33)41-16-15-39-14-13-38-12-11-36-2/h6-10,17,22H,5,11-16,18H2,1-4H3,(H,29,33)/t22-/m0/s1. The summed E-state index contributed by atoms with van der Waals surface area (Å²) in [5.41, 5.74) is 0.360. The van der Waals surface area contributed by atoms with Gasteiger partial charge in [0.25, 0.3) is 11.8 Å². The Hall–Kier alpha value is -3.72. The first-order valence-electron chi connectivity index (χ1n) is 13.2. The van der Waals surface area contributed by atoms with E-state index in [1.54, 1.807) is 32.2 Å². The lowest BCUT2D eigenvalue weighted by Gasteiger charge is -2.27. The molecular formula is C28H36N2O11S. The molecule has 2 aromatic rings. The molecular weight excluding hydrogens is 572 g/mol. The third kappa shape index (κ3) is 8.64. The van der Waals surface area contributed by atoms with E-state index in [2.05, 4.69) is 5.32 Å². The van der Waals surface area contributed by atoms with Crippen molar-refractivity contribution in [2.45, 2.75) is 13.0 Å². The van der Waals surface area contributed by atoms with Crippen molar-refractivity contribution in [2.24, 2.45) is 0 Å². The minimum Gasteiger partial charge on any atom is -0.493 e. The number of nitrogens with one attached hydrogen (secondary N) is 1. The molecule has 0 fully saturated rings. The van der Waals surface area contributed by atoms with E-state index in [1.165, 1.54) is 25.3 Å². The summed E-state index contributed by atoms with van der Waals surface area (Å²) < 4.78 is 56.4. The molecule has 0 bridgehead atoms. The number of hydrogen-bond acceptors (Lipinski definition) is 11. The molecule has 3 amide bonds. The van der Waals surface area contributed by atoms with Gasteiger partial charge in [0.05, 0.1) is 75.4 Å². The highest BCUT2D eigenvalue weighted by molar-refractivity contribution is 7.90. The molecule has 14 heteroatoms. The Balaban J connectivity index is 1.75. The van der Waals surface area contributed by atoms with Gasteiger partial charge in [-0.15, -0.1) is 0 Å². The molecule has 13 nitrogen and oxygen atoms in total. The Morgan fingerprint density at radius 3 is 2.26 bits per heavy atom. The van der Waals surface area contributed by atoms with Crippen LogP contribution in [-0.2, 0) is 28.8 Å². The number of anilines is 1. The summed E-state index contributed by atoms with van der Waals surface area (Å²) in [5, 5.41) is 2.50. The van der Waals surface area contributed by atoms with Crippen LogP contribution in [0.3, 0.4) is 0 Å². The first-order valence-corrected chi connectivity index (χ1v) is 15.2. The van der Waals surface area contributed by atoms with Crippen molar-refractivity contribution in [3.05, 3.63) is 53.1 Å². The lowest BCUT2D eigenvalue weighted by Crippen LogP contribution is -2.37. The molecule has 1 heterocycles. The molecule has 1 aliphatic rings. The number of ether oxygens (including phenoxy) is 6. The van der Waals surface area contributed by atoms with Gasteiger partial charge in [0.2, 0.25) is 0 Å². The van der Waals surface area contributed by atoms with Gasteiger partial charge in [0.15, 0.2) is 11.5 Å². The van der Waals surface area contributed by atoms with Crippen LogP contribution in [0, 0.1) is 0 Å². The van der Waals surface area contributed by atoms with Crippen LogP contribution < -0.4 is 14.8 Å². The van der Waals surface area contributed by atoms with E-state index in [9.17, 15) is 22.8 Å². The summed E-state index contributed by atoms with van der Waals surface area (Å²) in [4.78, 5) is 40.5. The average molecular weight is 609 g/mol. The fraction of sp³-hybridized carbons (Fsp3) is 0.464. The van der Waals surface area contributed by atoms with Crippen LogP contribution in [0.5, 0.6) is 11.5 Å². The van der Waals surface area contributed by atoms with Crippen molar-refractivity contribution in [3.63, 3.8) is 0 Å². The first-order chi connectivity index (χ1) is 20.1. The van der Waals surface area contributed by atoms with E-state index >= 15 is 0 Å². The SMILES string of the molecule is CCOc1cc([C@H](CS(C)(=O)=O)N2C(=O)c3cccc(NC(=O)OCCOCCOCCOC)c3C2=O)ccc1OC. The van der Waals surface area contributed by atoms with Gasteiger partial charge in [-0.3, -0.25) is 19.8 Å². The molecule has 0 spiro atoms. The summed E-state index contributed by atoms with van der Waals surface area (Å²) in [6.07, 6.45) is 0.165. The Bertz CT molecular complexity index is 1360. The molecule has 1 aliphatic heterocycles. The topological polar surface area (TPSA) is 156 Å². The van der Waals surface area contributed by atoms with Crippen LogP contribution >= 0.6 is 0 Å². The number of benzene rings is 2. The van der Waals surface area contributed by atoms with E-state index in [0.717, 1.165) is 11.2 Å². The predicted molar refractivity (Wildman–Crippen MR) is 152 cm³/mol. The zero-order valence-corrected chi connectivity index (χ0v) is 24.9. The number of fused-ring (bicyclic) bond motifs is 1. The van der Waals surface area contributed by atoms with Crippen LogP contribution in [0.25, 0.3) is 0 Å². The molecule has 1 atom stereocenters. The Labute approximate surface area is 244 Å². The minimum atomic E-state index is -3.67. The van der Waals surface area contributed by atoms with E-state index in [4.69, 9.17) is 28.4 Å². The van der Waals surface area contributed by atoms with Crippen LogP contribution in [0.1, 0.15) is 39.2 Å². The molecule has 1 N–H and O–H groups in total. The Kier molecular flexibility index (Phi) is 12.1. The number of hydrogen-bond donors (Lipinski definition) is 1. The molecule has 0 unspecified atom stereocenters. The maximum absolute atomic E-state index is 13.7. The van der Waals surface area contributed by atoms with Crippen molar-refractivity contribution in [3.8, 4) is 11.5 Å². The summed E-state index contributed by atoms with van der Waals surface area (Å²) in [6, 6.07) is 7.92. The van der Waals surface area contributed by atoms with E-state index in [1.807, 2.05) is 0 Å². The zero-order chi connectivity index (χ0) is 30.7. The van der Waals surface area contributed by atoms with Crippen molar-refractivity contribution in [1.29, 1.82) is 0 Å². The van der Waals surface area contributed by atoms with Crippen LogP contribution in [-0.4, -0.2) is 104 Å². The van der Waals surface area contributed by atoms with Gasteiger partial charge in [0, 0.05) is 13.4 Å². The van der Waals surface area contributed by atoms with Gasteiger partial charge < -0.3 is 28.4 Å². The van der Waals surface area contributed by atoms with Gasteiger partial charge in [-0.05, 0) is 36.8 Å². The summed E-state index contributed by atoms with van der Waals surface area (Å²) in [6.45, 7) is 3.74. The fourth-order valence-corrected chi connectivity index (χ4v) is 5.18. The minimum absolute atomic E-state index is 0.0200. The third-order valence-electron chi connectivity index (χ3n) is 6.09. The number of sulfone groups is 1. The lowest BCUT2D eigenvalue weighted by molar-refractivity contribution is 0.0141. The van der Waals surface area contributed by atoms with Gasteiger partial charge in [-0.1, -0.05) is 12.1 Å². The first kappa shape index (κ1) is 32.8. The van der Waals surface area contributed by atoms with E-state index in [-0.39, 0.29) is 30.0 Å². The largest absolute Gasteiger partial charge is 0.493 e. The van der Waals surface area contributed by atoms with Crippen LogP contribution in [0.4, 0.5) is 10.5 Å². The molecule has 230 valence electrons. The number of amides is 3. The van der Waals surface area contributed by atoms with E-state index < -0.39 is 39.5 Å². The number of methoxy groups -OCH3 is 2. The molecule has 0 radical (unpaired) electrons. The van der Waals surface area contributed by atoms with Crippen LogP contribution in [0.2, 0.25) is 0 Å². The second-order valence-electron chi connectivity index (χ2n) is 9.14. The number of rotatable bonds is 17. The van der Waals surface area contributed by atoms with Crippen molar-refractivity contribution < 1.29 is 51.2 Å². The highest BCUT2D eigenvalue weighted by Gasteiger charge is 2.43. The molecule has 0 aromatic heterocycles. The van der Waals surface area contributed by atoms with Crippen molar-refractivity contribution in [2.75, 3.05) is 77.8 Å². The molecule has 42 heavy (non-hydrogen) atoms. The van der Waals surface area contributed by atoms with Crippen molar-refractivity contribution >= 4 is 33.4 Å². The maximum Gasteiger partial charge on any atom is 0.411 e. The zero-order valence-electron chi connectivity index (χ0n) is 24.0. The van der Waals surface area contributed by atoms with Gasteiger partial charge in [-0.2, -0.15) is 0 Å². The van der Waals surface area contributed by atoms with Gasteiger partial charge >= 0.3 is 6.09 Å². The second-order valence-corrected chi connectivity index (χ2v) is 11.3. The quantitative estimate of drug-likeness (QED) is 0.208. The number of imide groups is 1. The number of carbonyl (C=O) groups excluding carboxylic acids is 3. The summed E-state index contributed by atoms with van der Waals surface area (Å²) in [7, 11) is -0.632. The molecule has 3 rings (SSSR count). The number of carbonyl (C=O) groups is 3. The van der Waals surface area contributed by atoms with Crippen LogP contribution in [0.15, 0.2) is 36.4 Å². The Morgan fingerprint density at radius 1 is 0.929 bits per heavy atom. The maximum atomic E-state index is 13.7. The third-order valence-corrected chi connectivity index (χ3v) is 7.01. The average Bonchev–Trinajstić information content (AvgIpc) is 3.20. The molecule has 0 saturated heterocycles. The Morgan fingerprint density at radius 2 is 1.62 bits per heavy atom. The monoisotopic (exact) mass is 608 g/mol. The molecule has 0 aliphatic carbocycles. The van der Waals surface area contributed by atoms with Gasteiger partial charge in [0.1, 0.15) is 16.4 Å². The van der Waals surface area contributed by atoms with Gasteiger partial charge in [-0.25, -0.2) is 13.2 Å². The number of nitrogens with zero attached hydrogens (tertiary/aromatic N) is 1. The summed E-state index contributed by atoms with van der Waals surface area (Å²) in [5.74, 6) is -1.24. The lowest BCUT2D eigenvalue weighted by atomic mass is 10.1. The van der Waals surface area contributed by atoms with E-state index in [0.29, 0.717) is 50.1 Å².